The predicted octanol–water partition coefficient (Wildman–Crippen LogP) is 4.28. The van der Waals surface area contributed by atoms with Crippen molar-refractivity contribution in [3.05, 3.63) is 77.4 Å². The van der Waals surface area contributed by atoms with Crippen LogP contribution in [0.1, 0.15) is 16.7 Å². The van der Waals surface area contributed by atoms with Crippen molar-refractivity contribution in [3.8, 4) is 11.8 Å². The highest BCUT2D eigenvalue weighted by Gasteiger charge is 2.10. The molecule has 0 aromatic heterocycles. The zero-order valence-corrected chi connectivity index (χ0v) is 14.4. The fourth-order valence-electron chi connectivity index (χ4n) is 2.44. The molecule has 0 spiro atoms. The maximum absolute atomic E-state index is 12.4. The zero-order valence-electron chi connectivity index (χ0n) is 14.4. The Morgan fingerprint density at radius 3 is 2.76 bits per heavy atom. The molecular formula is C21H20N2O2. The van der Waals surface area contributed by atoms with E-state index in [2.05, 4.69) is 11.9 Å². The van der Waals surface area contributed by atoms with Crippen molar-refractivity contribution in [2.24, 2.45) is 0 Å². The molecule has 126 valence electrons. The van der Waals surface area contributed by atoms with Crippen LogP contribution in [0.5, 0.6) is 5.75 Å². The summed E-state index contributed by atoms with van der Waals surface area (Å²) < 4.78 is 5.31. The SMILES string of the molecule is C=CCc1cc(/C=C(/C#N)C(=O)Nc2cccc(C)c2)ccc1OC. The summed E-state index contributed by atoms with van der Waals surface area (Å²) in [7, 11) is 1.60. The summed E-state index contributed by atoms with van der Waals surface area (Å²) in [5, 5.41) is 12.1. The first-order chi connectivity index (χ1) is 12.1. The van der Waals surface area contributed by atoms with Gasteiger partial charge < -0.3 is 10.1 Å². The third kappa shape index (κ3) is 4.82. The molecule has 1 N–H and O–H groups in total. The summed E-state index contributed by atoms with van der Waals surface area (Å²) in [6.07, 6.45) is 3.99. The topological polar surface area (TPSA) is 62.1 Å². The fraction of sp³-hybridized carbons (Fsp3) is 0.143. The molecule has 0 aliphatic heterocycles. The predicted molar refractivity (Wildman–Crippen MR) is 100 cm³/mol. The average Bonchev–Trinajstić information content (AvgIpc) is 2.60. The van der Waals surface area contributed by atoms with Crippen LogP contribution in [0.2, 0.25) is 0 Å². The summed E-state index contributed by atoms with van der Waals surface area (Å²) in [5.41, 5.74) is 3.44. The molecule has 0 bridgehead atoms. The number of nitriles is 1. The minimum Gasteiger partial charge on any atom is -0.496 e. The van der Waals surface area contributed by atoms with E-state index in [0.29, 0.717) is 12.1 Å². The molecule has 0 atom stereocenters. The van der Waals surface area contributed by atoms with Gasteiger partial charge in [-0.05, 0) is 60.4 Å². The summed E-state index contributed by atoms with van der Waals surface area (Å²) >= 11 is 0. The van der Waals surface area contributed by atoms with Crippen molar-refractivity contribution in [1.82, 2.24) is 0 Å². The second-order valence-corrected chi connectivity index (χ2v) is 5.56. The number of methoxy groups -OCH3 is 1. The van der Waals surface area contributed by atoms with Gasteiger partial charge in [0.05, 0.1) is 7.11 Å². The largest absolute Gasteiger partial charge is 0.496 e. The van der Waals surface area contributed by atoms with E-state index in [0.717, 1.165) is 22.4 Å². The lowest BCUT2D eigenvalue weighted by atomic mass is 10.0. The number of rotatable bonds is 6. The number of ether oxygens (including phenoxy) is 1. The van der Waals surface area contributed by atoms with Crippen LogP contribution in [-0.4, -0.2) is 13.0 Å². The fourth-order valence-corrected chi connectivity index (χ4v) is 2.44. The van der Waals surface area contributed by atoms with E-state index in [-0.39, 0.29) is 5.57 Å². The molecule has 0 heterocycles. The van der Waals surface area contributed by atoms with E-state index in [1.54, 1.807) is 25.3 Å². The Morgan fingerprint density at radius 2 is 2.12 bits per heavy atom. The Hall–Kier alpha value is -3.32. The molecule has 2 aromatic carbocycles. The average molecular weight is 332 g/mol. The molecular weight excluding hydrogens is 312 g/mol. The molecule has 1 amide bonds. The summed E-state index contributed by atoms with van der Waals surface area (Å²) in [6.45, 7) is 5.67. The second-order valence-electron chi connectivity index (χ2n) is 5.56. The van der Waals surface area contributed by atoms with Gasteiger partial charge in [-0.2, -0.15) is 5.26 Å². The van der Waals surface area contributed by atoms with Gasteiger partial charge in [0.1, 0.15) is 17.4 Å². The number of hydrogen-bond donors (Lipinski definition) is 1. The first-order valence-electron chi connectivity index (χ1n) is 7.85. The first-order valence-corrected chi connectivity index (χ1v) is 7.85. The van der Waals surface area contributed by atoms with Gasteiger partial charge in [0.15, 0.2) is 0 Å². The quantitative estimate of drug-likeness (QED) is 0.488. The van der Waals surface area contributed by atoms with E-state index in [4.69, 9.17) is 4.74 Å². The lowest BCUT2D eigenvalue weighted by molar-refractivity contribution is -0.112. The molecule has 0 saturated heterocycles. The molecule has 2 aromatic rings. The molecule has 4 heteroatoms. The highest BCUT2D eigenvalue weighted by molar-refractivity contribution is 6.09. The standard InChI is InChI=1S/C21H20N2O2/c1-4-6-17-12-16(9-10-20(17)25-3)13-18(14-22)21(24)23-19-8-5-7-15(2)11-19/h4-5,7-13H,1,6H2,2-3H3,(H,23,24)/b18-13-. The summed E-state index contributed by atoms with van der Waals surface area (Å²) in [5.74, 6) is 0.314. The maximum atomic E-state index is 12.4. The van der Waals surface area contributed by atoms with Gasteiger partial charge in [0, 0.05) is 5.69 Å². The maximum Gasteiger partial charge on any atom is 0.266 e. The third-order valence-electron chi connectivity index (χ3n) is 3.62. The molecule has 0 aliphatic rings. The Morgan fingerprint density at radius 1 is 1.32 bits per heavy atom. The van der Waals surface area contributed by atoms with Gasteiger partial charge in [-0.3, -0.25) is 4.79 Å². The molecule has 4 nitrogen and oxygen atoms in total. The van der Waals surface area contributed by atoms with Gasteiger partial charge >= 0.3 is 0 Å². The van der Waals surface area contributed by atoms with Gasteiger partial charge in [-0.1, -0.05) is 24.3 Å². The number of nitrogens with zero attached hydrogens (tertiary/aromatic N) is 1. The summed E-state index contributed by atoms with van der Waals surface area (Å²) in [4.78, 5) is 12.4. The Balaban J connectivity index is 2.27. The second kappa shape index (κ2) is 8.51. The lowest BCUT2D eigenvalue weighted by Crippen LogP contribution is -2.13. The van der Waals surface area contributed by atoms with Crippen LogP contribution in [-0.2, 0) is 11.2 Å². The number of allylic oxidation sites excluding steroid dienone is 1. The third-order valence-corrected chi connectivity index (χ3v) is 3.62. The molecule has 25 heavy (non-hydrogen) atoms. The van der Waals surface area contributed by atoms with Gasteiger partial charge in [-0.25, -0.2) is 0 Å². The van der Waals surface area contributed by atoms with E-state index in [9.17, 15) is 10.1 Å². The smallest absolute Gasteiger partial charge is 0.266 e. The van der Waals surface area contributed by atoms with Crippen LogP contribution >= 0.6 is 0 Å². The summed E-state index contributed by atoms with van der Waals surface area (Å²) in [6, 6.07) is 14.9. The van der Waals surface area contributed by atoms with Crippen molar-refractivity contribution in [2.75, 3.05) is 12.4 Å². The number of benzene rings is 2. The highest BCUT2D eigenvalue weighted by Crippen LogP contribution is 2.22. The minimum absolute atomic E-state index is 0.0382. The minimum atomic E-state index is -0.436. The van der Waals surface area contributed by atoms with Gasteiger partial charge in [-0.15, -0.1) is 6.58 Å². The monoisotopic (exact) mass is 332 g/mol. The first kappa shape index (κ1) is 18.0. The zero-order chi connectivity index (χ0) is 18.2. The van der Waals surface area contributed by atoms with Crippen molar-refractivity contribution < 1.29 is 9.53 Å². The number of amides is 1. The van der Waals surface area contributed by atoms with Crippen molar-refractivity contribution in [1.29, 1.82) is 5.26 Å². The number of aryl methyl sites for hydroxylation is 1. The van der Waals surface area contributed by atoms with Gasteiger partial charge in [0.25, 0.3) is 5.91 Å². The molecule has 0 radical (unpaired) electrons. The van der Waals surface area contributed by atoms with Crippen molar-refractivity contribution in [3.63, 3.8) is 0 Å². The molecule has 0 saturated carbocycles. The van der Waals surface area contributed by atoms with Crippen LogP contribution in [0, 0.1) is 18.3 Å². The Kier molecular flexibility index (Phi) is 6.14. The van der Waals surface area contributed by atoms with E-state index in [1.807, 2.05) is 49.4 Å². The van der Waals surface area contributed by atoms with Crippen LogP contribution in [0.3, 0.4) is 0 Å². The van der Waals surface area contributed by atoms with E-state index in [1.165, 1.54) is 0 Å². The van der Waals surface area contributed by atoms with Crippen LogP contribution in [0.25, 0.3) is 6.08 Å². The van der Waals surface area contributed by atoms with Gasteiger partial charge in [0.2, 0.25) is 0 Å². The Labute approximate surface area is 148 Å². The number of anilines is 1. The van der Waals surface area contributed by atoms with Crippen molar-refractivity contribution >= 4 is 17.7 Å². The lowest BCUT2D eigenvalue weighted by Gasteiger charge is -2.08. The van der Waals surface area contributed by atoms with Crippen LogP contribution in [0.4, 0.5) is 5.69 Å². The van der Waals surface area contributed by atoms with E-state index < -0.39 is 5.91 Å². The number of carbonyl (C=O) groups excluding carboxylic acids is 1. The van der Waals surface area contributed by atoms with E-state index >= 15 is 0 Å². The molecule has 0 aliphatic carbocycles. The van der Waals surface area contributed by atoms with Crippen LogP contribution in [0.15, 0.2) is 60.7 Å². The molecule has 2 rings (SSSR count). The molecule has 0 unspecified atom stereocenters. The number of hydrogen-bond acceptors (Lipinski definition) is 3. The van der Waals surface area contributed by atoms with Crippen molar-refractivity contribution in [2.45, 2.75) is 13.3 Å². The highest BCUT2D eigenvalue weighted by atomic mass is 16.5. The number of nitrogens with one attached hydrogen (secondary N) is 1. The molecule has 0 fully saturated rings. The normalized spacial score (nSPS) is 10.7. The van der Waals surface area contributed by atoms with Crippen LogP contribution < -0.4 is 10.1 Å². The Bertz CT molecular complexity index is 860. The number of carbonyl (C=O) groups is 1.